The maximum Gasteiger partial charge on any atom is 0.305 e. The summed E-state index contributed by atoms with van der Waals surface area (Å²) >= 11 is 0. The summed E-state index contributed by atoms with van der Waals surface area (Å²) in [5.41, 5.74) is 0.161. The van der Waals surface area contributed by atoms with Crippen molar-refractivity contribution < 1.29 is 23.2 Å². The van der Waals surface area contributed by atoms with Crippen LogP contribution in [-0.4, -0.2) is 30.7 Å². The van der Waals surface area contributed by atoms with Gasteiger partial charge >= 0.3 is 5.97 Å². The van der Waals surface area contributed by atoms with E-state index in [1.165, 1.54) is 19.3 Å². The predicted molar refractivity (Wildman–Crippen MR) is 80.3 cm³/mol. The molecule has 1 heterocycles. The molecule has 1 aromatic heterocycles. The Morgan fingerprint density at radius 2 is 2.26 bits per heavy atom. The van der Waals surface area contributed by atoms with Gasteiger partial charge in [-0.15, -0.1) is 0 Å². The Bertz CT molecular complexity index is 636. The molecule has 1 aliphatic rings. The Morgan fingerprint density at radius 3 is 2.96 bits per heavy atom. The summed E-state index contributed by atoms with van der Waals surface area (Å²) in [6.45, 7) is 2.20. The SMILES string of the molecule is COC(=O)CCCNC(=O)c1cc(C2C=CC(F)=CC2C)on1. The zero-order chi connectivity index (χ0) is 16.8. The second-order valence-corrected chi connectivity index (χ2v) is 5.35. The lowest BCUT2D eigenvalue weighted by molar-refractivity contribution is -0.140. The van der Waals surface area contributed by atoms with Gasteiger partial charge in [0, 0.05) is 24.9 Å². The van der Waals surface area contributed by atoms with Gasteiger partial charge in [-0.1, -0.05) is 18.2 Å². The molecule has 6 nitrogen and oxygen atoms in total. The van der Waals surface area contributed by atoms with E-state index in [1.807, 2.05) is 6.92 Å². The third-order valence-electron chi connectivity index (χ3n) is 3.61. The number of amides is 1. The van der Waals surface area contributed by atoms with Gasteiger partial charge in [-0.25, -0.2) is 4.39 Å². The van der Waals surface area contributed by atoms with Crippen molar-refractivity contribution in [1.29, 1.82) is 0 Å². The molecule has 7 heteroatoms. The van der Waals surface area contributed by atoms with E-state index in [2.05, 4.69) is 15.2 Å². The number of halogens is 1. The molecule has 0 aliphatic heterocycles. The fourth-order valence-corrected chi connectivity index (χ4v) is 2.32. The second kappa shape index (κ2) is 7.71. The molecule has 0 fully saturated rings. The molecule has 124 valence electrons. The number of aromatic nitrogens is 1. The molecule has 23 heavy (non-hydrogen) atoms. The van der Waals surface area contributed by atoms with E-state index >= 15 is 0 Å². The van der Waals surface area contributed by atoms with Gasteiger partial charge in [-0.05, 0) is 24.5 Å². The summed E-state index contributed by atoms with van der Waals surface area (Å²) in [4.78, 5) is 22.9. The minimum absolute atomic E-state index is 0.0797. The first-order valence-corrected chi connectivity index (χ1v) is 7.38. The smallest absolute Gasteiger partial charge is 0.305 e. The van der Waals surface area contributed by atoms with Gasteiger partial charge in [0.25, 0.3) is 5.91 Å². The van der Waals surface area contributed by atoms with E-state index < -0.39 is 0 Å². The van der Waals surface area contributed by atoms with Crippen molar-refractivity contribution in [3.8, 4) is 0 Å². The van der Waals surface area contributed by atoms with Crippen LogP contribution in [0.2, 0.25) is 0 Å². The minimum atomic E-state index is -0.376. The Labute approximate surface area is 133 Å². The van der Waals surface area contributed by atoms with Crippen LogP contribution < -0.4 is 5.32 Å². The Morgan fingerprint density at radius 1 is 1.48 bits per heavy atom. The van der Waals surface area contributed by atoms with Crippen LogP contribution in [0.15, 0.2) is 34.6 Å². The summed E-state index contributed by atoms with van der Waals surface area (Å²) in [5, 5.41) is 6.40. The van der Waals surface area contributed by atoms with Gasteiger partial charge in [0.05, 0.1) is 7.11 Å². The van der Waals surface area contributed by atoms with Crippen LogP contribution in [-0.2, 0) is 9.53 Å². The van der Waals surface area contributed by atoms with Crippen LogP contribution in [0.3, 0.4) is 0 Å². The number of hydrogen-bond donors (Lipinski definition) is 1. The highest BCUT2D eigenvalue weighted by Crippen LogP contribution is 2.32. The third kappa shape index (κ3) is 4.51. The summed E-state index contributed by atoms with van der Waals surface area (Å²) < 4.78 is 22.9. The molecule has 0 spiro atoms. The number of carbonyl (C=O) groups is 2. The lowest BCUT2D eigenvalue weighted by Crippen LogP contribution is -2.25. The largest absolute Gasteiger partial charge is 0.469 e. The topological polar surface area (TPSA) is 81.4 Å². The number of nitrogens with zero attached hydrogens (tertiary/aromatic N) is 1. The summed E-state index contributed by atoms with van der Waals surface area (Å²) in [6.07, 6.45) is 5.29. The molecule has 0 radical (unpaired) electrons. The third-order valence-corrected chi connectivity index (χ3v) is 3.61. The number of carbonyl (C=O) groups excluding carboxylic acids is 2. The summed E-state index contributed by atoms with van der Waals surface area (Å²) in [6, 6.07) is 1.55. The maximum absolute atomic E-state index is 13.1. The quantitative estimate of drug-likeness (QED) is 0.643. The normalized spacial score (nSPS) is 20.0. The highest BCUT2D eigenvalue weighted by atomic mass is 19.1. The molecule has 2 rings (SSSR count). The minimum Gasteiger partial charge on any atom is -0.469 e. The van der Waals surface area contributed by atoms with E-state index in [9.17, 15) is 14.0 Å². The molecule has 1 aliphatic carbocycles. The zero-order valence-electron chi connectivity index (χ0n) is 13.0. The Kier molecular flexibility index (Phi) is 5.67. The molecule has 0 saturated heterocycles. The van der Waals surface area contributed by atoms with Crippen molar-refractivity contribution in [3.63, 3.8) is 0 Å². The zero-order valence-corrected chi connectivity index (χ0v) is 13.0. The van der Waals surface area contributed by atoms with Crippen molar-refractivity contribution >= 4 is 11.9 Å². The average Bonchev–Trinajstić information content (AvgIpc) is 3.00. The predicted octanol–water partition coefficient (Wildman–Crippen LogP) is 2.50. The average molecular weight is 322 g/mol. The highest BCUT2D eigenvalue weighted by Gasteiger charge is 2.24. The van der Waals surface area contributed by atoms with Gasteiger partial charge in [0.2, 0.25) is 0 Å². The molecule has 2 atom stereocenters. The maximum atomic E-state index is 13.1. The fraction of sp³-hybridized carbons (Fsp3) is 0.438. The van der Waals surface area contributed by atoms with Gasteiger partial charge in [0.15, 0.2) is 5.69 Å². The molecule has 1 amide bonds. The Balaban J connectivity index is 1.88. The van der Waals surface area contributed by atoms with Crippen LogP contribution in [0.4, 0.5) is 4.39 Å². The van der Waals surface area contributed by atoms with Crippen molar-refractivity contribution in [1.82, 2.24) is 10.5 Å². The summed E-state index contributed by atoms with van der Waals surface area (Å²) in [7, 11) is 1.32. The number of methoxy groups -OCH3 is 1. The monoisotopic (exact) mass is 322 g/mol. The first-order valence-electron chi connectivity index (χ1n) is 7.38. The number of esters is 1. The van der Waals surface area contributed by atoms with Crippen molar-refractivity contribution in [2.24, 2.45) is 5.92 Å². The number of rotatable bonds is 6. The van der Waals surface area contributed by atoms with Crippen LogP contribution in [0.5, 0.6) is 0 Å². The van der Waals surface area contributed by atoms with Crippen LogP contribution in [0.25, 0.3) is 0 Å². The second-order valence-electron chi connectivity index (χ2n) is 5.35. The number of hydrogen-bond acceptors (Lipinski definition) is 5. The van der Waals surface area contributed by atoms with Gasteiger partial charge < -0.3 is 14.6 Å². The molecule has 2 unspecified atom stereocenters. The number of nitrogens with one attached hydrogen (secondary N) is 1. The molecule has 0 bridgehead atoms. The fourth-order valence-electron chi connectivity index (χ4n) is 2.32. The lowest BCUT2D eigenvalue weighted by Gasteiger charge is -2.17. The Hall–Kier alpha value is -2.44. The van der Waals surface area contributed by atoms with Gasteiger partial charge in [-0.2, -0.15) is 0 Å². The highest BCUT2D eigenvalue weighted by molar-refractivity contribution is 5.92. The van der Waals surface area contributed by atoms with E-state index in [0.29, 0.717) is 18.7 Å². The van der Waals surface area contributed by atoms with E-state index in [4.69, 9.17) is 4.52 Å². The van der Waals surface area contributed by atoms with Crippen molar-refractivity contribution in [2.75, 3.05) is 13.7 Å². The van der Waals surface area contributed by atoms with Gasteiger partial charge in [0.1, 0.15) is 11.6 Å². The van der Waals surface area contributed by atoms with E-state index in [1.54, 1.807) is 12.1 Å². The first-order chi connectivity index (χ1) is 11.0. The standard InChI is InChI=1S/C16H19FN2O4/c1-10-8-11(17)5-6-12(10)14-9-13(19-23-14)16(21)18-7-3-4-15(20)22-2/h5-6,8-10,12H,3-4,7H2,1-2H3,(H,18,21). The van der Waals surface area contributed by atoms with E-state index in [-0.39, 0.29) is 41.7 Å². The molecular formula is C16H19FN2O4. The molecule has 0 saturated carbocycles. The molecule has 1 N–H and O–H groups in total. The number of ether oxygens (including phenoxy) is 1. The summed E-state index contributed by atoms with van der Waals surface area (Å²) in [5.74, 6) is -0.693. The van der Waals surface area contributed by atoms with Gasteiger partial charge in [-0.3, -0.25) is 9.59 Å². The van der Waals surface area contributed by atoms with E-state index in [0.717, 1.165) is 0 Å². The lowest BCUT2D eigenvalue weighted by atomic mass is 9.87. The van der Waals surface area contributed by atoms with Crippen LogP contribution in [0, 0.1) is 5.92 Å². The molecule has 0 aromatic carbocycles. The first kappa shape index (κ1) is 16.9. The molecular weight excluding hydrogens is 303 g/mol. The van der Waals surface area contributed by atoms with Crippen molar-refractivity contribution in [2.45, 2.75) is 25.7 Å². The van der Waals surface area contributed by atoms with Crippen LogP contribution >= 0.6 is 0 Å². The molecule has 1 aromatic rings. The number of allylic oxidation sites excluding steroid dienone is 4. The van der Waals surface area contributed by atoms with Crippen molar-refractivity contribution in [3.05, 3.63) is 41.6 Å². The van der Waals surface area contributed by atoms with Crippen LogP contribution in [0.1, 0.15) is 41.9 Å².